The molecule has 1 aliphatic rings. The molecule has 1 heterocycles. The Bertz CT molecular complexity index is 785. The molecular weight excluding hydrogens is 404 g/mol. The van der Waals surface area contributed by atoms with E-state index in [4.69, 9.17) is 4.74 Å². The van der Waals surface area contributed by atoms with E-state index >= 15 is 0 Å². The molecule has 0 radical (unpaired) electrons. The van der Waals surface area contributed by atoms with Crippen LogP contribution in [0.5, 0.6) is 0 Å². The summed E-state index contributed by atoms with van der Waals surface area (Å²) in [6.45, 7) is 7.24. The van der Waals surface area contributed by atoms with Crippen molar-refractivity contribution in [2.45, 2.75) is 37.9 Å². The molecule has 0 aliphatic carbocycles. The number of ether oxygens (including phenoxy) is 1. The van der Waals surface area contributed by atoms with Gasteiger partial charge in [-0.15, -0.1) is 13.2 Å². The number of benzene rings is 2. The SMILES string of the molecule is C=CCC(O)Cc1ccccc1Br.C=CCC1Cc2ccccc2C(=O)O1. The van der Waals surface area contributed by atoms with Gasteiger partial charge < -0.3 is 9.84 Å². The van der Waals surface area contributed by atoms with Gasteiger partial charge in [-0.25, -0.2) is 4.79 Å². The average molecular weight is 429 g/mol. The minimum Gasteiger partial charge on any atom is -0.458 e. The third kappa shape index (κ3) is 6.49. The second kappa shape index (κ2) is 10.9. The Labute approximate surface area is 169 Å². The predicted molar refractivity (Wildman–Crippen MR) is 113 cm³/mol. The number of cyclic esters (lactones) is 1. The summed E-state index contributed by atoms with van der Waals surface area (Å²) in [7, 11) is 0. The first-order valence-electron chi connectivity index (χ1n) is 8.97. The first kappa shape index (κ1) is 21.1. The lowest BCUT2D eigenvalue weighted by molar-refractivity contribution is 0.0266. The van der Waals surface area contributed by atoms with Crippen LogP contribution in [0, 0.1) is 0 Å². The molecule has 0 amide bonds. The van der Waals surface area contributed by atoms with E-state index in [1.54, 1.807) is 12.2 Å². The van der Waals surface area contributed by atoms with Gasteiger partial charge in [0.05, 0.1) is 11.7 Å². The van der Waals surface area contributed by atoms with Gasteiger partial charge in [-0.1, -0.05) is 64.5 Å². The second-order valence-corrected chi connectivity index (χ2v) is 7.24. The maximum absolute atomic E-state index is 11.5. The molecule has 2 aromatic rings. The van der Waals surface area contributed by atoms with Gasteiger partial charge in [0.1, 0.15) is 6.10 Å². The Morgan fingerprint density at radius 2 is 1.85 bits per heavy atom. The first-order valence-corrected chi connectivity index (χ1v) is 9.76. The largest absolute Gasteiger partial charge is 0.458 e. The van der Waals surface area contributed by atoms with Crippen LogP contribution in [0.25, 0.3) is 0 Å². The number of hydrogen-bond acceptors (Lipinski definition) is 3. The molecule has 2 atom stereocenters. The zero-order valence-electron chi connectivity index (χ0n) is 15.3. The molecule has 0 aromatic heterocycles. The minimum atomic E-state index is -0.323. The molecule has 1 aliphatic heterocycles. The molecule has 0 bridgehead atoms. The van der Waals surface area contributed by atoms with E-state index in [1.165, 1.54) is 0 Å². The Morgan fingerprint density at radius 3 is 2.56 bits per heavy atom. The van der Waals surface area contributed by atoms with Crippen molar-refractivity contribution in [1.29, 1.82) is 0 Å². The monoisotopic (exact) mass is 428 g/mol. The van der Waals surface area contributed by atoms with Gasteiger partial charge in [0, 0.05) is 17.3 Å². The van der Waals surface area contributed by atoms with E-state index in [-0.39, 0.29) is 18.2 Å². The van der Waals surface area contributed by atoms with Gasteiger partial charge in [0.2, 0.25) is 0 Å². The topological polar surface area (TPSA) is 46.5 Å². The lowest BCUT2D eigenvalue weighted by Crippen LogP contribution is -2.27. The van der Waals surface area contributed by atoms with Crippen molar-refractivity contribution in [2.75, 3.05) is 0 Å². The summed E-state index contributed by atoms with van der Waals surface area (Å²) >= 11 is 3.44. The number of aliphatic hydroxyl groups excluding tert-OH is 1. The maximum atomic E-state index is 11.5. The van der Waals surface area contributed by atoms with Crippen LogP contribution < -0.4 is 0 Å². The smallest absolute Gasteiger partial charge is 0.338 e. The highest BCUT2D eigenvalue weighted by molar-refractivity contribution is 9.10. The zero-order valence-corrected chi connectivity index (χ0v) is 16.9. The third-order valence-electron chi connectivity index (χ3n) is 4.24. The number of fused-ring (bicyclic) bond motifs is 1. The molecular formula is C23H25BrO3. The molecule has 3 nitrogen and oxygen atoms in total. The molecule has 4 heteroatoms. The van der Waals surface area contributed by atoms with Gasteiger partial charge in [0.15, 0.2) is 0 Å². The molecule has 0 fully saturated rings. The summed E-state index contributed by atoms with van der Waals surface area (Å²) in [6.07, 6.45) is 6.00. The van der Waals surface area contributed by atoms with Crippen LogP contribution in [0.15, 0.2) is 78.3 Å². The van der Waals surface area contributed by atoms with Crippen molar-refractivity contribution in [3.63, 3.8) is 0 Å². The second-order valence-electron chi connectivity index (χ2n) is 6.39. The van der Waals surface area contributed by atoms with E-state index in [0.29, 0.717) is 18.4 Å². The maximum Gasteiger partial charge on any atom is 0.338 e. The molecule has 27 heavy (non-hydrogen) atoms. The molecule has 1 N–H and O–H groups in total. The number of esters is 1. The summed E-state index contributed by atoms with van der Waals surface area (Å²) in [4.78, 5) is 11.5. The quantitative estimate of drug-likeness (QED) is 0.503. The molecule has 2 unspecified atom stereocenters. The van der Waals surface area contributed by atoms with E-state index in [9.17, 15) is 9.90 Å². The van der Waals surface area contributed by atoms with Crippen molar-refractivity contribution in [3.05, 3.63) is 95.0 Å². The fourth-order valence-electron chi connectivity index (χ4n) is 2.91. The van der Waals surface area contributed by atoms with Crippen LogP contribution in [0.2, 0.25) is 0 Å². The van der Waals surface area contributed by atoms with Crippen LogP contribution in [0.3, 0.4) is 0 Å². The van der Waals surface area contributed by atoms with Gasteiger partial charge in [-0.3, -0.25) is 0 Å². The number of aliphatic hydroxyl groups is 1. The Kier molecular flexibility index (Phi) is 8.49. The summed E-state index contributed by atoms with van der Waals surface area (Å²) in [5, 5.41) is 9.53. The molecule has 2 aromatic carbocycles. The molecule has 0 saturated carbocycles. The van der Waals surface area contributed by atoms with Gasteiger partial charge in [-0.2, -0.15) is 0 Å². The van der Waals surface area contributed by atoms with Crippen LogP contribution in [0.1, 0.15) is 34.3 Å². The Hall–Kier alpha value is -2.17. The van der Waals surface area contributed by atoms with Crippen molar-refractivity contribution in [2.24, 2.45) is 0 Å². The van der Waals surface area contributed by atoms with Crippen LogP contribution in [-0.4, -0.2) is 23.3 Å². The number of carbonyl (C=O) groups is 1. The van der Waals surface area contributed by atoms with Crippen LogP contribution in [-0.2, 0) is 17.6 Å². The summed E-state index contributed by atoms with van der Waals surface area (Å²) in [5.74, 6) is -0.210. The van der Waals surface area contributed by atoms with E-state index in [1.807, 2.05) is 48.5 Å². The van der Waals surface area contributed by atoms with E-state index < -0.39 is 0 Å². The highest BCUT2D eigenvalue weighted by Crippen LogP contribution is 2.22. The van der Waals surface area contributed by atoms with E-state index in [2.05, 4.69) is 29.1 Å². The number of rotatable bonds is 6. The number of hydrogen-bond donors (Lipinski definition) is 1. The highest BCUT2D eigenvalue weighted by atomic mass is 79.9. The predicted octanol–water partition coefficient (Wildman–Crippen LogP) is 5.27. The van der Waals surface area contributed by atoms with E-state index in [0.717, 1.165) is 28.4 Å². The van der Waals surface area contributed by atoms with Crippen molar-refractivity contribution < 1.29 is 14.6 Å². The van der Waals surface area contributed by atoms with Crippen molar-refractivity contribution in [3.8, 4) is 0 Å². The summed E-state index contributed by atoms with van der Waals surface area (Å²) in [5.41, 5.74) is 2.92. The summed E-state index contributed by atoms with van der Waals surface area (Å²) in [6, 6.07) is 15.5. The number of carbonyl (C=O) groups excluding carboxylic acids is 1. The average Bonchev–Trinajstić information content (AvgIpc) is 2.65. The van der Waals surface area contributed by atoms with Crippen molar-refractivity contribution in [1.82, 2.24) is 0 Å². The normalized spacial score (nSPS) is 16.2. The summed E-state index contributed by atoms with van der Waals surface area (Å²) < 4.78 is 6.30. The number of halogens is 1. The van der Waals surface area contributed by atoms with Gasteiger partial charge in [-0.05, 0) is 36.1 Å². The fourth-order valence-corrected chi connectivity index (χ4v) is 3.36. The molecule has 0 spiro atoms. The first-order chi connectivity index (χ1) is 13.0. The van der Waals surface area contributed by atoms with Gasteiger partial charge >= 0.3 is 5.97 Å². The molecule has 142 valence electrons. The van der Waals surface area contributed by atoms with Crippen molar-refractivity contribution >= 4 is 21.9 Å². The fraction of sp³-hybridized carbons (Fsp3) is 0.261. The third-order valence-corrected chi connectivity index (χ3v) is 5.01. The Balaban J connectivity index is 0.000000194. The highest BCUT2D eigenvalue weighted by Gasteiger charge is 2.24. The molecule has 3 rings (SSSR count). The lowest BCUT2D eigenvalue weighted by Gasteiger charge is -2.23. The Morgan fingerprint density at radius 1 is 1.15 bits per heavy atom. The zero-order chi connectivity index (χ0) is 19.6. The van der Waals surface area contributed by atoms with Crippen LogP contribution in [0.4, 0.5) is 0 Å². The van der Waals surface area contributed by atoms with Crippen LogP contribution >= 0.6 is 15.9 Å². The minimum absolute atomic E-state index is 0.0325. The lowest BCUT2D eigenvalue weighted by atomic mass is 9.97. The van der Waals surface area contributed by atoms with Gasteiger partial charge in [0.25, 0.3) is 0 Å². The molecule has 0 saturated heterocycles. The standard InChI is InChI=1S/C12H12O2.C11H13BrO/c1-2-5-10-8-9-6-3-4-7-11(9)12(13)14-10;1-2-5-10(13)8-9-6-3-4-7-11(9)12/h2-4,6-7,10H,1,5,8H2;2-4,6-7,10,13H,1,5,8H2.